The second-order valence-electron chi connectivity index (χ2n) is 8.18. The van der Waals surface area contributed by atoms with Gasteiger partial charge in [-0.25, -0.2) is 0 Å². The first-order chi connectivity index (χ1) is 13.3. The topological polar surface area (TPSA) is 17.1 Å². The summed E-state index contributed by atoms with van der Waals surface area (Å²) in [6.07, 6.45) is 32.4. The predicted octanol–water partition coefficient (Wildman–Crippen LogP) is 10.7. The maximum Gasteiger partial charge on any atom is 0.174 e. The lowest BCUT2D eigenvalue weighted by Crippen LogP contribution is -1.84. The lowest BCUT2D eigenvalue weighted by molar-refractivity contribution is 0.520. The lowest BCUT2D eigenvalue weighted by Gasteiger charge is -2.04. The van der Waals surface area contributed by atoms with Crippen molar-refractivity contribution in [1.29, 1.82) is 0 Å². The normalized spacial score (nSPS) is 10.8. The van der Waals surface area contributed by atoms with Crippen LogP contribution in [0.1, 0.15) is 155 Å². The van der Waals surface area contributed by atoms with Crippen LogP contribution < -0.4 is 0 Å². The predicted molar refractivity (Wildman–Crippen MR) is 130 cm³/mol. The molecule has 164 valence electrons. The van der Waals surface area contributed by atoms with Crippen LogP contribution in [0.5, 0.6) is 0 Å². The van der Waals surface area contributed by atoms with Crippen LogP contribution >= 0.6 is 17.1 Å². The first-order valence-corrected chi connectivity index (χ1v) is 14.8. The number of hydrogen-bond acceptors (Lipinski definition) is 1. The van der Waals surface area contributed by atoms with Gasteiger partial charge in [-0.1, -0.05) is 155 Å². The first-order valence-electron chi connectivity index (χ1n) is 12.4. The summed E-state index contributed by atoms with van der Waals surface area (Å²) in [6.45, 7) is 4.60. The third-order valence-electron chi connectivity index (χ3n) is 5.46. The van der Waals surface area contributed by atoms with Crippen LogP contribution in [0.15, 0.2) is 0 Å². The highest BCUT2D eigenvalue weighted by atomic mass is 32.0. The van der Waals surface area contributed by atoms with Crippen molar-refractivity contribution < 1.29 is 4.57 Å². The van der Waals surface area contributed by atoms with Crippen molar-refractivity contribution in [2.24, 2.45) is 0 Å². The van der Waals surface area contributed by atoms with E-state index in [1.165, 1.54) is 141 Å². The van der Waals surface area contributed by atoms with E-state index in [9.17, 15) is 0 Å². The Hall–Kier alpha value is 0.530. The number of rotatable bonds is 21. The average molecular weight is 419 g/mol. The summed E-state index contributed by atoms with van der Waals surface area (Å²) in [4.78, 5) is 0. The molecule has 0 bridgehead atoms. The third-order valence-corrected chi connectivity index (χ3v) is 5.46. The van der Waals surface area contributed by atoms with Crippen molar-refractivity contribution in [3.63, 3.8) is 0 Å². The molecule has 0 aromatic rings. The number of hydrogen-bond donors (Lipinski definition) is 0. The van der Waals surface area contributed by atoms with E-state index in [4.69, 9.17) is 4.57 Å². The maximum absolute atomic E-state index is 8.87. The third kappa shape index (κ3) is 34.4. The van der Waals surface area contributed by atoms with Gasteiger partial charge >= 0.3 is 0 Å². The molecule has 0 N–H and O–H groups in total. The summed E-state index contributed by atoms with van der Waals surface area (Å²) in [5.41, 5.74) is 0. The molecule has 1 unspecified atom stereocenters. The Morgan fingerprint density at radius 3 is 0.630 bits per heavy atom. The standard InChI is InChI=1S/C24H50.H2OP2/c1-3-5-7-9-11-13-15-17-19-21-23-24-22-20-18-16-14-12-10-8-6-4-2;1-3-2/h3-24H2,1-2H3;2H2. The van der Waals surface area contributed by atoms with E-state index in [1.54, 1.807) is 0 Å². The van der Waals surface area contributed by atoms with Gasteiger partial charge in [0.2, 0.25) is 0 Å². The molecule has 0 heterocycles. The fraction of sp³-hybridized carbons (Fsp3) is 1.00. The van der Waals surface area contributed by atoms with E-state index in [0.717, 1.165) is 0 Å². The molecule has 0 saturated carbocycles. The zero-order valence-corrected chi connectivity index (χ0v) is 21.0. The molecule has 0 amide bonds. The summed E-state index contributed by atoms with van der Waals surface area (Å²) >= 11 is 0. The molecule has 1 nitrogen and oxygen atoms in total. The highest BCUT2D eigenvalue weighted by Crippen LogP contribution is 2.15. The molecule has 27 heavy (non-hydrogen) atoms. The van der Waals surface area contributed by atoms with E-state index < -0.39 is 0 Å². The molecular weight excluding hydrogens is 366 g/mol. The Labute approximate surface area is 176 Å². The van der Waals surface area contributed by atoms with Gasteiger partial charge in [0.15, 0.2) is 8.15 Å². The van der Waals surface area contributed by atoms with Gasteiger partial charge in [0.05, 0.1) is 0 Å². The molecule has 3 heteroatoms. The van der Waals surface area contributed by atoms with Gasteiger partial charge in [0.25, 0.3) is 0 Å². The average Bonchev–Trinajstić information content (AvgIpc) is 2.67. The SMILES string of the molecule is CCCCCCCCCCCCCCCCCCCCCCCC.O=PP. The summed E-state index contributed by atoms with van der Waals surface area (Å²) in [5.74, 6) is 0. The fourth-order valence-electron chi connectivity index (χ4n) is 3.68. The molecule has 0 aromatic heterocycles. The first kappa shape index (κ1) is 29.7. The fourth-order valence-corrected chi connectivity index (χ4v) is 3.68. The molecule has 0 aliphatic carbocycles. The zero-order valence-electron chi connectivity index (χ0n) is 19.0. The molecule has 0 saturated heterocycles. The quantitative estimate of drug-likeness (QED) is 0.134. The number of unbranched alkanes of at least 4 members (excludes halogenated alkanes) is 21. The Morgan fingerprint density at radius 2 is 0.519 bits per heavy atom. The minimum absolute atomic E-state index is 0.0833. The van der Waals surface area contributed by atoms with Gasteiger partial charge in [0, 0.05) is 0 Å². The molecular formula is C24H52OP2. The minimum Gasteiger partial charge on any atom is -0.271 e. The largest absolute Gasteiger partial charge is 0.271 e. The van der Waals surface area contributed by atoms with Crippen molar-refractivity contribution in [2.45, 2.75) is 155 Å². The highest BCUT2D eigenvalue weighted by Gasteiger charge is 1.95. The van der Waals surface area contributed by atoms with Crippen LogP contribution in [0.2, 0.25) is 0 Å². The molecule has 0 aromatic carbocycles. The molecule has 0 aliphatic heterocycles. The molecule has 0 aliphatic rings. The summed E-state index contributed by atoms with van der Waals surface area (Å²) < 4.78 is 8.87. The Balaban J connectivity index is 0. The van der Waals surface area contributed by atoms with Crippen LogP contribution in [0.3, 0.4) is 0 Å². The molecule has 1 atom stereocenters. The van der Waals surface area contributed by atoms with E-state index in [2.05, 4.69) is 13.8 Å². The highest BCUT2D eigenvalue weighted by molar-refractivity contribution is 7.96. The minimum atomic E-state index is 0.0833. The van der Waals surface area contributed by atoms with Crippen LogP contribution in [0.25, 0.3) is 0 Å². The van der Waals surface area contributed by atoms with Gasteiger partial charge in [0.1, 0.15) is 0 Å². The van der Waals surface area contributed by atoms with Crippen LogP contribution in [0, 0.1) is 0 Å². The maximum atomic E-state index is 8.87. The van der Waals surface area contributed by atoms with Crippen molar-refractivity contribution >= 4 is 17.1 Å². The summed E-state index contributed by atoms with van der Waals surface area (Å²) in [7, 11) is 2.08. The Bertz CT molecular complexity index is 225. The molecule has 0 rings (SSSR count). The van der Waals surface area contributed by atoms with E-state index >= 15 is 0 Å². The van der Waals surface area contributed by atoms with E-state index in [-0.39, 0.29) is 8.15 Å². The molecule has 0 fully saturated rings. The van der Waals surface area contributed by atoms with Crippen molar-refractivity contribution in [3.05, 3.63) is 0 Å². The monoisotopic (exact) mass is 418 g/mol. The second kappa shape index (κ2) is 31.2. The molecule has 0 radical (unpaired) electrons. The van der Waals surface area contributed by atoms with Gasteiger partial charge < -0.3 is 0 Å². The summed E-state index contributed by atoms with van der Waals surface area (Å²) in [5, 5.41) is 0. The molecule has 0 spiro atoms. The van der Waals surface area contributed by atoms with Crippen LogP contribution in [-0.2, 0) is 4.57 Å². The second-order valence-corrected chi connectivity index (χ2v) is 9.02. The summed E-state index contributed by atoms with van der Waals surface area (Å²) in [6, 6.07) is 0. The Morgan fingerprint density at radius 1 is 0.407 bits per heavy atom. The lowest BCUT2D eigenvalue weighted by atomic mass is 10.0. The van der Waals surface area contributed by atoms with Crippen LogP contribution in [-0.4, -0.2) is 0 Å². The zero-order chi connectivity index (χ0) is 20.3. The van der Waals surface area contributed by atoms with Gasteiger partial charge in [-0.3, -0.25) is 4.57 Å². The van der Waals surface area contributed by atoms with Gasteiger partial charge in [-0.2, -0.15) is 0 Å². The Kier molecular flexibility index (Phi) is 34.4. The van der Waals surface area contributed by atoms with E-state index in [1.807, 2.05) is 8.93 Å². The van der Waals surface area contributed by atoms with Crippen molar-refractivity contribution in [3.8, 4) is 0 Å². The smallest absolute Gasteiger partial charge is 0.174 e. The van der Waals surface area contributed by atoms with Crippen LogP contribution in [0.4, 0.5) is 0 Å². The van der Waals surface area contributed by atoms with Gasteiger partial charge in [-0.15, -0.1) is 0 Å². The van der Waals surface area contributed by atoms with Crippen molar-refractivity contribution in [2.75, 3.05) is 0 Å². The van der Waals surface area contributed by atoms with Crippen molar-refractivity contribution in [1.82, 2.24) is 0 Å². The van der Waals surface area contributed by atoms with E-state index in [0.29, 0.717) is 0 Å². The van der Waals surface area contributed by atoms with Gasteiger partial charge in [-0.05, 0) is 8.93 Å².